The number of nitrogens with one attached hydrogen (secondary N) is 1. The van der Waals surface area contributed by atoms with Crippen LogP contribution < -0.4 is 4.72 Å². The Kier molecular flexibility index (Phi) is 6.58. The van der Waals surface area contributed by atoms with Crippen LogP contribution in [0.4, 0.5) is 0 Å². The first-order valence-electron chi connectivity index (χ1n) is 7.82. The van der Waals surface area contributed by atoms with Gasteiger partial charge in [-0.1, -0.05) is 41.4 Å². The van der Waals surface area contributed by atoms with Crippen LogP contribution in [0.15, 0.2) is 53.4 Å². The highest BCUT2D eigenvalue weighted by atomic mass is 35.5. The molecule has 0 saturated heterocycles. The number of hydrogen-bond acceptors (Lipinski definition) is 4. The smallest absolute Gasteiger partial charge is 0.307 e. The van der Waals surface area contributed by atoms with Gasteiger partial charge in [-0.3, -0.25) is 4.79 Å². The lowest BCUT2D eigenvalue weighted by molar-refractivity contribution is -0.143. The van der Waals surface area contributed by atoms with Gasteiger partial charge in [0.2, 0.25) is 10.0 Å². The third-order valence-corrected chi connectivity index (χ3v) is 5.32. The number of rotatable bonds is 7. The molecule has 2 rings (SSSR count). The summed E-state index contributed by atoms with van der Waals surface area (Å²) in [4.78, 5) is 12.0. The van der Waals surface area contributed by atoms with Crippen molar-refractivity contribution < 1.29 is 17.9 Å². The van der Waals surface area contributed by atoms with Gasteiger partial charge >= 0.3 is 5.97 Å². The summed E-state index contributed by atoms with van der Waals surface area (Å²) in [5.41, 5.74) is 1.73. The van der Waals surface area contributed by atoms with E-state index in [9.17, 15) is 13.2 Å². The summed E-state index contributed by atoms with van der Waals surface area (Å²) in [7, 11) is -3.81. The molecule has 0 radical (unpaired) electrons. The number of halogens is 1. The highest BCUT2D eigenvalue weighted by Crippen LogP contribution is 2.22. The molecule has 25 heavy (non-hydrogen) atoms. The second-order valence-corrected chi connectivity index (χ2v) is 7.70. The third-order valence-electron chi connectivity index (χ3n) is 3.58. The van der Waals surface area contributed by atoms with Crippen LogP contribution in [0.5, 0.6) is 0 Å². The number of ether oxygens (including phenoxy) is 1. The fourth-order valence-electron chi connectivity index (χ4n) is 2.28. The molecule has 0 unspecified atom stereocenters. The van der Waals surface area contributed by atoms with Crippen molar-refractivity contribution in [2.45, 2.75) is 31.2 Å². The first-order valence-corrected chi connectivity index (χ1v) is 9.68. The SMILES string of the molecule is CCOC(=O)C[C@H](NS(=O)(=O)c1ccc(Cl)cc1)c1ccc(C)cc1. The van der Waals surface area contributed by atoms with E-state index in [1.807, 2.05) is 19.1 Å². The van der Waals surface area contributed by atoms with E-state index in [1.54, 1.807) is 19.1 Å². The summed E-state index contributed by atoms with van der Waals surface area (Å²) in [6, 6.07) is 12.4. The number of carbonyl (C=O) groups excluding carboxylic acids is 1. The lowest BCUT2D eigenvalue weighted by Crippen LogP contribution is -2.30. The topological polar surface area (TPSA) is 72.5 Å². The van der Waals surface area contributed by atoms with Crippen LogP contribution in [0.3, 0.4) is 0 Å². The van der Waals surface area contributed by atoms with E-state index in [1.165, 1.54) is 24.3 Å². The van der Waals surface area contributed by atoms with Crippen molar-refractivity contribution in [2.24, 2.45) is 0 Å². The monoisotopic (exact) mass is 381 g/mol. The minimum absolute atomic E-state index is 0.0814. The summed E-state index contributed by atoms with van der Waals surface area (Å²) in [6.07, 6.45) is -0.0935. The van der Waals surface area contributed by atoms with Crippen molar-refractivity contribution in [2.75, 3.05) is 6.61 Å². The van der Waals surface area contributed by atoms with Crippen molar-refractivity contribution in [3.63, 3.8) is 0 Å². The number of hydrogen-bond donors (Lipinski definition) is 1. The van der Waals surface area contributed by atoms with Gasteiger partial charge in [0.15, 0.2) is 0 Å². The Morgan fingerprint density at radius 1 is 1.12 bits per heavy atom. The average molecular weight is 382 g/mol. The maximum atomic E-state index is 12.6. The number of sulfonamides is 1. The summed E-state index contributed by atoms with van der Waals surface area (Å²) in [5, 5.41) is 0.445. The molecule has 0 amide bonds. The maximum Gasteiger partial charge on any atom is 0.307 e. The minimum atomic E-state index is -3.81. The van der Waals surface area contributed by atoms with Gasteiger partial charge in [-0.2, -0.15) is 0 Å². The Balaban J connectivity index is 2.29. The molecule has 0 aliphatic heterocycles. The van der Waals surface area contributed by atoms with Crippen molar-refractivity contribution in [1.82, 2.24) is 4.72 Å². The normalized spacial score (nSPS) is 12.6. The summed E-state index contributed by atoms with van der Waals surface area (Å²) >= 11 is 5.81. The molecule has 0 bridgehead atoms. The van der Waals surface area contributed by atoms with Crippen LogP contribution >= 0.6 is 11.6 Å². The van der Waals surface area contributed by atoms with Gasteiger partial charge in [0, 0.05) is 5.02 Å². The van der Waals surface area contributed by atoms with Gasteiger partial charge in [-0.15, -0.1) is 0 Å². The summed E-state index contributed by atoms with van der Waals surface area (Å²) in [6.45, 7) is 3.88. The highest BCUT2D eigenvalue weighted by Gasteiger charge is 2.24. The van der Waals surface area contributed by atoms with Gasteiger partial charge in [-0.05, 0) is 43.7 Å². The van der Waals surface area contributed by atoms with Crippen LogP contribution in [0, 0.1) is 6.92 Å². The fraction of sp³-hybridized carbons (Fsp3) is 0.278. The Hall–Kier alpha value is -1.89. The quantitative estimate of drug-likeness (QED) is 0.743. The Morgan fingerprint density at radius 2 is 1.72 bits per heavy atom. The molecule has 1 N–H and O–H groups in total. The van der Waals surface area contributed by atoms with Gasteiger partial charge in [0.1, 0.15) is 0 Å². The highest BCUT2D eigenvalue weighted by molar-refractivity contribution is 7.89. The molecule has 0 fully saturated rings. The van der Waals surface area contributed by atoms with Gasteiger partial charge < -0.3 is 4.74 Å². The average Bonchev–Trinajstić information content (AvgIpc) is 2.55. The van der Waals surface area contributed by atoms with E-state index in [4.69, 9.17) is 16.3 Å². The summed E-state index contributed by atoms with van der Waals surface area (Å²) in [5.74, 6) is -0.466. The number of carbonyl (C=O) groups is 1. The maximum absolute atomic E-state index is 12.6. The number of benzene rings is 2. The van der Waals surface area contributed by atoms with E-state index in [0.717, 1.165) is 5.56 Å². The van der Waals surface area contributed by atoms with Crippen molar-refractivity contribution in [1.29, 1.82) is 0 Å². The molecule has 0 aliphatic carbocycles. The largest absolute Gasteiger partial charge is 0.466 e. The van der Waals surface area contributed by atoms with Crippen LogP contribution in [-0.4, -0.2) is 21.0 Å². The number of aryl methyl sites for hydroxylation is 1. The summed E-state index contributed by atoms with van der Waals surface area (Å²) < 4.78 is 32.8. The molecule has 0 aromatic heterocycles. The minimum Gasteiger partial charge on any atom is -0.466 e. The van der Waals surface area contributed by atoms with Gasteiger partial charge in [-0.25, -0.2) is 13.1 Å². The van der Waals surface area contributed by atoms with E-state index < -0.39 is 22.0 Å². The molecule has 2 aromatic carbocycles. The van der Waals surface area contributed by atoms with Crippen LogP contribution in [0.1, 0.15) is 30.5 Å². The van der Waals surface area contributed by atoms with Gasteiger partial charge in [0.05, 0.1) is 24.0 Å². The van der Waals surface area contributed by atoms with E-state index in [-0.39, 0.29) is 17.9 Å². The Bertz CT molecular complexity index is 817. The first kappa shape index (κ1) is 19.4. The first-order chi connectivity index (χ1) is 11.8. The molecule has 0 heterocycles. The van der Waals surface area contributed by atoms with E-state index in [0.29, 0.717) is 10.6 Å². The van der Waals surface area contributed by atoms with E-state index >= 15 is 0 Å². The molecule has 0 spiro atoms. The lowest BCUT2D eigenvalue weighted by atomic mass is 10.0. The molecule has 2 aromatic rings. The van der Waals surface area contributed by atoms with Crippen molar-refractivity contribution in [3.05, 3.63) is 64.7 Å². The predicted octanol–water partition coefficient (Wildman–Crippen LogP) is 3.62. The molecule has 0 aliphatic rings. The number of esters is 1. The predicted molar refractivity (Wildman–Crippen MR) is 96.9 cm³/mol. The standard InChI is InChI=1S/C18H20ClNO4S/c1-3-24-18(21)12-17(14-6-4-13(2)5-7-14)20-25(22,23)16-10-8-15(19)9-11-16/h4-11,17,20H,3,12H2,1-2H3/t17-/m0/s1. The molecule has 134 valence electrons. The van der Waals surface area contributed by atoms with Crippen molar-refractivity contribution >= 4 is 27.6 Å². The second kappa shape index (κ2) is 8.47. The zero-order chi connectivity index (χ0) is 18.4. The molecular weight excluding hydrogens is 362 g/mol. The third kappa shape index (κ3) is 5.56. The van der Waals surface area contributed by atoms with E-state index in [2.05, 4.69) is 4.72 Å². The molecule has 5 nitrogen and oxygen atoms in total. The Morgan fingerprint density at radius 3 is 2.28 bits per heavy atom. The molecule has 0 saturated carbocycles. The van der Waals surface area contributed by atoms with Crippen LogP contribution in [0.2, 0.25) is 5.02 Å². The zero-order valence-electron chi connectivity index (χ0n) is 14.0. The second-order valence-electron chi connectivity index (χ2n) is 5.55. The molecule has 1 atom stereocenters. The van der Waals surface area contributed by atoms with Crippen LogP contribution in [-0.2, 0) is 19.6 Å². The lowest BCUT2D eigenvalue weighted by Gasteiger charge is -2.19. The van der Waals surface area contributed by atoms with Crippen molar-refractivity contribution in [3.8, 4) is 0 Å². The zero-order valence-corrected chi connectivity index (χ0v) is 15.6. The van der Waals surface area contributed by atoms with Gasteiger partial charge in [0.25, 0.3) is 0 Å². The Labute approximate surface area is 153 Å². The molecular formula is C18H20ClNO4S. The fourth-order valence-corrected chi connectivity index (χ4v) is 3.63. The van der Waals surface area contributed by atoms with Crippen LogP contribution in [0.25, 0.3) is 0 Å². The molecule has 7 heteroatoms.